The maximum Gasteiger partial charge on any atom is 0.305 e. The molecule has 0 saturated heterocycles. The van der Waals surface area contributed by atoms with Gasteiger partial charge >= 0.3 is 5.97 Å². The van der Waals surface area contributed by atoms with Gasteiger partial charge in [-0.3, -0.25) is 4.79 Å². The van der Waals surface area contributed by atoms with Crippen LogP contribution in [0.2, 0.25) is 0 Å². The van der Waals surface area contributed by atoms with Crippen LogP contribution in [0.1, 0.15) is 50.3 Å². The van der Waals surface area contributed by atoms with E-state index in [1.807, 2.05) is 24.3 Å². The number of methoxy groups -OCH3 is 1. The van der Waals surface area contributed by atoms with Crippen LogP contribution in [0.25, 0.3) is 10.4 Å². The van der Waals surface area contributed by atoms with Crippen LogP contribution in [0.3, 0.4) is 0 Å². The molecule has 0 amide bonds. The molecule has 0 aromatic heterocycles. The quantitative estimate of drug-likeness (QED) is 0.304. The van der Waals surface area contributed by atoms with E-state index in [0.29, 0.717) is 12.3 Å². The zero-order chi connectivity index (χ0) is 15.7. The van der Waals surface area contributed by atoms with Crippen LogP contribution >= 0.6 is 0 Å². The lowest BCUT2D eigenvalue weighted by Crippen LogP contribution is -2.01. The summed E-state index contributed by atoms with van der Waals surface area (Å²) in [6.45, 7) is 4.22. The molecule has 0 bridgehead atoms. The van der Waals surface area contributed by atoms with Crippen molar-refractivity contribution in [3.8, 4) is 0 Å². The molecule has 1 atom stereocenters. The van der Waals surface area contributed by atoms with Crippen LogP contribution in [0.4, 0.5) is 0 Å². The number of ether oxygens (including phenoxy) is 1. The Morgan fingerprint density at radius 2 is 2.00 bits per heavy atom. The molecule has 5 nitrogen and oxygen atoms in total. The fraction of sp³-hybridized carbons (Fsp3) is 0.562. The summed E-state index contributed by atoms with van der Waals surface area (Å²) in [6.07, 6.45) is 2.89. The van der Waals surface area contributed by atoms with Crippen molar-refractivity contribution in [2.75, 3.05) is 7.11 Å². The maximum absolute atomic E-state index is 11.1. The number of hydrogen-bond donors (Lipinski definition) is 0. The molecule has 1 unspecified atom stereocenters. The first kappa shape index (κ1) is 17.1. The third-order valence-electron chi connectivity index (χ3n) is 3.32. The summed E-state index contributed by atoms with van der Waals surface area (Å²) in [5, 5.41) is 3.88. The van der Waals surface area contributed by atoms with E-state index in [4.69, 9.17) is 5.53 Å². The van der Waals surface area contributed by atoms with E-state index in [2.05, 4.69) is 28.6 Å². The number of carbonyl (C=O) groups is 1. The summed E-state index contributed by atoms with van der Waals surface area (Å²) in [7, 11) is 1.40. The minimum atomic E-state index is -0.174. The number of aryl methyl sites for hydroxylation is 1. The minimum Gasteiger partial charge on any atom is -0.469 e. The molecule has 0 aliphatic heterocycles. The van der Waals surface area contributed by atoms with Crippen molar-refractivity contribution in [2.24, 2.45) is 11.0 Å². The summed E-state index contributed by atoms with van der Waals surface area (Å²) in [6, 6.07) is 7.98. The number of esters is 1. The molecular formula is C16H23N3O2. The van der Waals surface area contributed by atoms with Gasteiger partial charge in [0.05, 0.1) is 13.2 Å². The molecule has 0 aliphatic rings. The third kappa shape index (κ3) is 6.32. The average Bonchev–Trinajstić information content (AvgIpc) is 2.47. The summed E-state index contributed by atoms with van der Waals surface area (Å²) in [5.41, 5.74) is 10.9. The molecule has 114 valence electrons. The van der Waals surface area contributed by atoms with Crippen LogP contribution in [-0.2, 0) is 16.0 Å². The molecule has 0 spiro atoms. The second-order valence-corrected chi connectivity index (χ2v) is 5.52. The first-order valence-corrected chi connectivity index (χ1v) is 7.26. The average molecular weight is 289 g/mol. The normalized spacial score (nSPS) is 11.8. The molecule has 0 aliphatic carbocycles. The summed E-state index contributed by atoms with van der Waals surface area (Å²) < 4.78 is 4.62. The maximum atomic E-state index is 11.1. The highest BCUT2D eigenvalue weighted by atomic mass is 16.5. The number of nitrogens with zero attached hydrogens (tertiary/aromatic N) is 3. The van der Waals surface area contributed by atoms with Crippen molar-refractivity contribution in [1.29, 1.82) is 0 Å². The van der Waals surface area contributed by atoms with Gasteiger partial charge in [0.15, 0.2) is 0 Å². The first-order chi connectivity index (χ1) is 10.1. The van der Waals surface area contributed by atoms with E-state index < -0.39 is 0 Å². The minimum absolute atomic E-state index is 0.112. The molecule has 0 heterocycles. The van der Waals surface area contributed by atoms with E-state index in [1.165, 1.54) is 12.7 Å². The predicted molar refractivity (Wildman–Crippen MR) is 82.7 cm³/mol. The lowest BCUT2D eigenvalue weighted by atomic mass is 9.96. The topological polar surface area (TPSA) is 75.1 Å². The van der Waals surface area contributed by atoms with E-state index in [0.717, 1.165) is 24.8 Å². The van der Waals surface area contributed by atoms with Gasteiger partial charge in [-0.05, 0) is 41.8 Å². The third-order valence-corrected chi connectivity index (χ3v) is 3.32. The molecular weight excluding hydrogens is 266 g/mol. The van der Waals surface area contributed by atoms with Gasteiger partial charge in [0, 0.05) is 11.3 Å². The molecule has 0 N–H and O–H groups in total. The molecule has 1 aromatic carbocycles. The molecule has 5 heteroatoms. The summed E-state index contributed by atoms with van der Waals surface area (Å²) >= 11 is 0. The predicted octanol–water partition coefficient (Wildman–Crippen LogP) is 4.58. The van der Waals surface area contributed by atoms with Crippen molar-refractivity contribution >= 4 is 5.97 Å². The Labute approximate surface area is 125 Å². The smallest absolute Gasteiger partial charge is 0.305 e. The largest absolute Gasteiger partial charge is 0.469 e. The van der Waals surface area contributed by atoms with Gasteiger partial charge in [0.25, 0.3) is 0 Å². The molecule has 21 heavy (non-hydrogen) atoms. The highest BCUT2D eigenvalue weighted by molar-refractivity contribution is 5.69. The van der Waals surface area contributed by atoms with Gasteiger partial charge in [-0.25, -0.2) is 0 Å². The van der Waals surface area contributed by atoms with Crippen molar-refractivity contribution in [3.63, 3.8) is 0 Å². The Kier molecular flexibility index (Phi) is 7.33. The second-order valence-electron chi connectivity index (χ2n) is 5.52. The number of hydrogen-bond acceptors (Lipinski definition) is 3. The first-order valence-electron chi connectivity index (χ1n) is 7.26. The van der Waals surface area contributed by atoms with Gasteiger partial charge in [0.1, 0.15) is 0 Å². The van der Waals surface area contributed by atoms with Gasteiger partial charge in [-0.15, -0.1) is 0 Å². The van der Waals surface area contributed by atoms with E-state index in [9.17, 15) is 4.79 Å². The zero-order valence-electron chi connectivity index (χ0n) is 13.0. The Morgan fingerprint density at radius 3 is 2.52 bits per heavy atom. The fourth-order valence-corrected chi connectivity index (χ4v) is 2.20. The van der Waals surface area contributed by atoms with Crippen LogP contribution in [0, 0.1) is 5.92 Å². The molecule has 1 aromatic rings. The Balaban J connectivity index is 2.63. The van der Waals surface area contributed by atoms with E-state index in [1.54, 1.807) is 0 Å². The fourth-order valence-electron chi connectivity index (χ4n) is 2.20. The molecule has 0 fully saturated rings. The number of benzene rings is 1. The lowest BCUT2D eigenvalue weighted by molar-refractivity contribution is -0.140. The zero-order valence-corrected chi connectivity index (χ0v) is 13.0. The van der Waals surface area contributed by atoms with Gasteiger partial charge in [-0.2, -0.15) is 0 Å². The Hall–Kier alpha value is -2.00. The summed E-state index contributed by atoms with van der Waals surface area (Å²) in [5.74, 6) is 0.298. The molecule has 0 radical (unpaired) electrons. The van der Waals surface area contributed by atoms with Gasteiger partial charge < -0.3 is 4.74 Å². The number of azide groups is 1. The van der Waals surface area contributed by atoms with Gasteiger partial charge in [-0.1, -0.05) is 43.2 Å². The van der Waals surface area contributed by atoms with Crippen LogP contribution < -0.4 is 0 Å². The Morgan fingerprint density at radius 1 is 1.33 bits per heavy atom. The Bertz CT molecular complexity index is 491. The molecule has 0 saturated carbocycles. The highest BCUT2D eigenvalue weighted by Gasteiger charge is 2.11. The lowest BCUT2D eigenvalue weighted by Gasteiger charge is -2.14. The molecule has 1 rings (SSSR count). The van der Waals surface area contributed by atoms with E-state index in [-0.39, 0.29) is 12.0 Å². The number of carbonyl (C=O) groups excluding carboxylic acids is 1. The number of rotatable bonds is 8. The van der Waals surface area contributed by atoms with Crippen LogP contribution in [0.5, 0.6) is 0 Å². The van der Waals surface area contributed by atoms with Crippen molar-refractivity contribution < 1.29 is 9.53 Å². The van der Waals surface area contributed by atoms with Crippen molar-refractivity contribution in [2.45, 2.75) is 45.6 Å². The van der Waals surface area contributed by atoms with Crippen molar-refractivity contribution in [1.82, 2.24) is 0 Å². The van der Waals surface area contributed by atoms with Crippen LogP contribution in [0.15, 0.2) is 29.4 Å². The van der Waals surface area contributed by atoms with Gasteiger partial charge in [0.2, 0.25) is 0 Å². The second kappa shape index (κ2) is 9.03. The summed E-state index contributed by atoms with van der Waals surface area (Å²) in [4.78, 5) is 14.0. The SMILES string of the molecule is COC(=O)CCCc1ccc(C(CC(C)C)N=[N+]=[N-])cc1. The van der Waals surface area contributed by atoms with E-state index >= 15 is 0 Å². The highest BCUT2D eigenvalue weighted by Crippen LogP contribution is 2.26. The van der Waals surface area contributed by atoms with Crippen LogP contribution in [-0.4, -0.2) is 13.1 Å². The standard InChI is InChI=1S/C16H23N3O2/c1-12(2)11-15(18-19-17)14-9-7-13(8-10-14)5-4-6-16(20)21-3/h7-10,12,15H,4-6,11H2,1-3H3. The van der Waals surface area contributed by atoms with Crippen molar-refractivity contribution in [3.05, 3.63) is 45.8 Å². The monoisotopic (exact) mass is 289 g/mol.